The average molecular weight is 636 g/mol. The second-order valence-corrected chi connectivity index (χ2v) is 15.7. The first-order valence-electron chi connectivity index (χ1n) is 17.0. The second kappa shape index (κ2) is 14.0. The van der Waals surface area contributed by atoms with Gasteiger partial charge < -0.3 is 20.4 Å². The van der Waals surface area contributed by atoms with E-state index in [-0.39, 0.29) is 40.8 Å². The van der Waals surface area contributed by atoms with Crippen molar-refractivity contribution in [2.45, 2.75) is 88.3 Å². The summed E-state index contributed by atoms with van der Waals surface area (Å²) >= 11 is 1.56. The molecule has 4 aliphatic rings. The van der Waals surface area contributed by atoms with E-state index in [4.69, 9.17) is 0 Å². The molecule has 2 aromatic rings. The highest BCUT2D eigenvalue weighted by Gasteiger charge is 2.44. The third-order valence-electron chi connectivity index (χ3n) is 10.2. The summed E-state index contributed by atoms with van der Waals surface area (Å²) in [6.45, 7) is 12.2. The largest absolute Gasteiger partial charge is 0.372 e. The van der Waals surface area contributed by atoms with Gasteiger partial charge in [0.05, 0.1) is 11.9 Å². The van der Waals surface area contributed by atoms with Crippen LogP contribution in [0.5, 0.6) is 0 Å². The minimum absolute atomic E-state index is 0.0215. The van der Waals surface area contributed by atoms with Crippen molar-refractivity contribution in [2.24, 2.45) is 5.41 Å². The van der Waals surface area contributed by atoms with E-state index in [1.807, 2.05) is 15.9 Å². The van der Waals surface area contributed by atoms with Crippen LogP contribution in [0.4, 0.5) is 10.1 Å². The average Bonchev–Trinajstić information content (AvgIpc) is 3.19. The minimum Gasteiger partial charge on any atom is -0.372 e. The normalized spacial score (nSPS) is 24.0. The molecule has 4 heterocycles. The van der Waals surface area contributed by atoms with Gasteiger partial charge in [-0.3, -0.25) is 14.5 Å². The molecule has 0 aromatic heterocycles. The number of amides is 2. The Labute approximate surface area is 272 Å². The molecule has 0 saturated carbocycles. The van der Waals surface area contributed by atoms with Crippen LogP contribution in [0, 0.1) is 11.2 Å². The van der Waals surface area contributed by atoms with E-state index in [0.717, 1.165) is 89.0 Å². The van der Waals surface area contributed by atoms with Crippen LogP contribution in [0.25, 0.3) is 0 Å². The number of fused-ring (bicyclic) bond motifs is 1. The molecule has 4 aliphatic heterocycles. The molecule has 2 atom stereocenters. The zero-order chi connectivity index (χ0) is 31.6. The Morgan fingerprint density at radius 3 is 2.51 bits per heavy atom. The van der Waals surface area contributed by atoms with E-state index in [2.05, 4.69) is 60.6 Å². The highest BCUT2D eigenvalue weighted by molar-refractivity contribution is 8.01. The van der Waals surface area contributed by atoms with Crippen molar-refractivity contribution in [3.05, 3.63) is 65.0 Å². The fraction of sp³-hybridized carbons (Fsp3) is 0.611. The molecular weight excluding hydrogens is 585 g/mol. The van der Waals surface area contributed by atoms with Crippen molar-refractivity contribution < 1.29 is 14.0 Å². The van der Waals surface area contributed by atoms with Gasteiger partial charge in [-0.25, -0.2) is 4.39 Å². The van der Waals surface area contributed by atoms with Crippen molar-refractivity contribution in [1.29, 1.82) is 0 Å². The standard InChI is InChI=1S/C36H50FN5O2S/c1-36(2,3)16-22-42-34(44)31(45-35(42)28-8-6-9-29(37)33(28)26-11-17-38-18-12-26)23-32(43)40-20-14-27(15-21-40)41-19-13-25-7-4-5-10-30(25)39-24-41/h4-10,26-27,31,35,38-39H,11-24H2,1-3H3/t31-,35+/m0/s1. The van der Waals surface area contributed by atoms with Gasteiger partial charge in [-0.15, -0.1) is 11.8 Å². The summed E-state index contributed by atoms with van der Waals surface area (Å²) in [5.74, 6) is 0.0513. The number of para-hydroxylation sites is 1. The van der Waals surface area contributed by atoms with Gasteiger partial charge in [-0.05, 0) is 91.8 Å². The quantitative estimate of drug-likeness (QED) is 0.390. The van der Waals surface area contributed by atoms with Gasteiger partial charge in [-0.2, -0.15) is 0 Å². The number of rotatable bonds is 7. The molecule has 3 fully saturated rings. The molecule has 2 N–H and O–H groups in total. The number of hydrogen-bond donors (Lipinski definition) is 2. The molecule has 0 radical (unpaired) electrons. The maximum Gasteiger partial charge on any atom is 0.237 e. The van der Waals surface area contributed by atoms with Crippen LogP contribution in [0.15, 0.2) is 42.5 Å². The number of likely N-dealkylation sites (tertiary alicyclic amines) is 1. The number of hydrogen-bond acceptors (Lipinski definition) is 6. The van der Waals surface area contributed by atoms with Crippen LogP contribution >= 0.6 is 11.8 Å². The summed E-state index contributed by atoms with van der Waals surface area (Å²) < 4.78 is 15.5. The minimum atomic E-state index is -0.447. The van der Waals surface area contributed by atoms with Gasteiger partial charge in [-0.1, -0.05) is 51.1 Å². The lowest BCUT2D eigenvalue weighted by molar-refractivity contribution is -0.137. The number of halogens is 1. The van der Waals surface area contributed by atoms with Crippen molar-refractivity contribution in [3.63, 3.8) is 0 Å². The summed E-state index contributed by atoms with van der Waals surface area (Å²) in [5.41, 5.74) is 4.33. The van der Waals surface area contributed by atoms with Crippen molar-refractivity contribution in [2.75, 3.05) is 51.3 Å². The van der Waals surface area contributed by atoms with E-state index >= 15 is 4.39 Å². The molecule has 0 spiro atoms. The van der Waals surface area contributed by atoms with E-state index in [1.165, 1.54) is 11.3 Å². The van der Waals surface area contributed by atoms with Crippen LogP contribution in [0.1, 0.15) is 87.3 Å². The van der Waals surface area contributed by atoms with Crippen LogP contribution < -0.4 is 10.6 Å². The molecule has 7 nitrogen and oxygen atoms in total. The molecule has 0 bridgehead atoms. The first-order chi connectivity index (χ1) is 21.7. The van der Waals surface area contributed by atoms with Crippen molar-refractivity contribution >= 4 is 29.3 Å². The number of nitrogens with one attached hydrogen (secondary N) is 2. The molecule has 45 heavy (non-hydrogen) atoms. The lowest BCUT2D eigenvalue weighted by atomic mass is 9.86. The fourth-order valence-corrected chi connectivity index (χ4v) is 8.99. The monoisotopic (exact) mass is 635 g/mol. The molecular formula is C36H50FN5O2S. The molecule has 0 aliphatic carbocycles. The molecule has 9 heteroatoms. The Kier molecular flexibility index (Phi) is 10.1. The zero-order valence-electron chi connectivity index (χ0n) is 27.2. The maximum atomic E-state index is 15.5. The van der Waals surface area contributed by atoms with Gasteiger partial charge in [0.1, 0.15) is 11.2 Å². The first-order valence-corrected chi connectivity index (χ1v) is 17.9. The van der Waals surface area contributed by atoms with E-state index < -0.39 is 5.25 Å². The lowest BCUT2D eigenvalue weighted by Gasteiger charge is -2.38. The van der Waals surface area contributed by atoms with E-state index in [1.54, 1.807) is 23.9 Å². The van der Waals surface area contributed by atoms with Crippen LogP contribution in [-0.2, 0) is 16.0 Å². The summed E-state index contributed by atoms with van der Waals surface area (Å²) in [6.07, 6.45) is 5.74. The number of piperidine rings is 2. The maximum absolute atomic E-state index is 15.5. The summed E-state index contributed by atoms with van der Waals surface area (Å²) in [6, 6.07) is 14.3. The Hall–Kier alpha value is -2.62. The molecule has 6 rings (SSSR count). The molecule has 2 aromatic carbocycles. The Balaban J connectivity index is 1.11. The van der Waals surface area contributed by atoms with E-state index in [9.17, 15) is 9.59 Å². The van der Waals surface area contributed by atoms with Gasteiger partial charge in [0.25, 0.3) is 0 Å². The summed E-state index contributed by atoms with van der Waals surface area (Å²) in [5, 5.41) is 6.28. The smallest absolute Gasteiger partial charge is 0.237 e. The van der Waals surface area contributed by atoms with Gasteiger partial charge in [0, 0.05) is 44.3 Å². The molecule has 244 valence electrons. The number of thioether (sulfide) groups is 1. The number of carbonyl (C=O) groups is 2. The molecule has 3 saturated heterocycles. The van der Waals surface area contributed by atoms with Gasteiger partial charge in [0.2, 0.25) is 11.8 Å². The van der Waals surface area contributed by atoms with Crippen LogP contribution in [0.2, 0.25) is 0 Å². The predicted molar refractivity (Wildman–Crippen MR) is 181 cm³/mol. The number of benzene rings is 2. The van der Waals surface area contributed by atoms with E-state index in [0.29, 0.717) is 12.6 Å². The van der Waals surface area contributed by atoms with Gasteiger partial charge in [0.15, 0.2) is 0 Å². The predicted octanol–water partition coefficient (Wildman–Crippen LogP) is 5.98. The molecule has 0 unspecified atom stereocenters. The Bertz CT molecular complexity index is 1320. The topological polar surface area (TPSA) is 67.9 Å². The highest BCUT2D eigenvalue weighted by atomic mass is 32.2. The van der Waals surface area contributed by atoms with Gasteiger partial charge >= 0.3 is 0 Å². The SMILES string of the molecule is CC(C)(C)CCN1C(=O)[C@H](CC(=O)N2CCC(N3CCc4ccccc4NC3)CC2)S[C@@H]1c1cccc(F)c1C1CCNCC1. The number of anilines is 1. The fourth-order valence-electron chi connectivity index (χ4n) is 7.48. The summed E-state index contributed by atoms with van der Waals surface area (Å²) in [4.78, 5) is 34.1. The Morgan fingerprint density at radius 1 is 1.00 bits per heavy atom. The summed E-state index contributed by atoms with van der Waals surface area (Å²) in [7, 11) is 0. The number of carbonyl (C=O) groups excluding carboxylic acids is 2. The van der Waals surface area contributed by atoms with Crippen molar-refractivity contribution in [1.82, 2.24) is 20.0 Å². The highest BCUT2D eigenvalue weighted by Crippen LogP contribution is 2.48. The second-order valence-electron chi connectivity index (χ2n) is 14.5. The third-order valence-corrected chi connectivity index (χ3v) is 11.7. The first kappa shape index (κ1) is 32.3. The number of nitrogens with zero attached hydrogens (tertiary/aromatic N) is 3. The Morgan fingerprint density at radius 2 is 1.76 bits per heavy atom. The van der Waals surface area contributed by atoms with Crippen molar-refractivity contribution in [3.8, 4) is 0 Å². The third kappa shape index (κ3) is 7.52. The zero-order valence-corrected chi connectivity index (χ0v) is 28.0. The molecule has 2 amide bonds. The van der Waals surface area contributed by atoms with Crippen LogP contribution in [-0.4, -0.2) is 83.7 Å². The lowest BCUT2D eigenvalue weighted by Crippen LogP contribution is -2.48. The van der Waals surface area contributed by atoms with Crippen LogP contribution in [0.3, 0.4) is 0 Å².